The molecule has 114 valence electrons. The largest absolute Gasteiger partial charge is 0.493 e. The summed E-state index contributed by atoms with van der Waals surface area (Å²) in [5.41, 5.74) is 2.65. The van der Waals surface area contributed by atoms with Gasteiger partial charge in [0.15, 0.2) is 5.65 Å². The molecule has 0 amide bonds. The molecule has 1 N–H and O–H groups in total. The van der Waals surface area contributed by atoms with Crippen molar-refractivity contribution in [1.82, 2.24) is 15.0 Å². The third-order valence-electron chi connectivity index (χ3n) is 3.66. The Morgan fingerprint density at radius 2 is 1.95 bits per heavy atom. The van der Waals surface area contributed by atoms with Gasteiger partial charge in [0.05, 0.1) is 17.7 Å². The fourth-order valence-corrected chi connectivity index (χ4v) is 2.47. The van der Waals surface area contributed by atoms with Crippen LogP contribution in [0.4, 0.5) is 0 Å². The van der Waals surface area contributed by atoms with Gasteiger partial charge in [-0.1, -0.05) is 38.3 Å². The van der Waals surface area contributed by atoms with E-state index in [0.29, 0.717) is 0 Å². The van der Waals surface area contributed by atoms with Crippen molar-refractivity contribution >= 4 is 11.2 Å². The summed E-state index contributed by atoms with van der Waals surface area (Å²) in [5, 5.41) is 0. The third kappa shape index (κ3) is 3.27. The zero-order chi connectivity index (χ0) is 15.2. The number of hydrogen-bond acceptors (Lipinski definition) is 3. The molecule has 1 aromatic carbocycles. The summed E-state index contributed by atoms with van der Waals surface area (Å²) in [5.74, 6) is 1.68. The summed E-state index contributed by atoms with van der Waals surface area (Å²) in [6.45, 7) is 2.96. The van der Waals surface area contributed by atoms with E-state index in [4.69, 9.17) is 4.74 Å². The number of ether oxygens (including phenoxy) is 1. The number of pyridine rings is 1. The van der Waals surface area contributed by atoms with Crippen LogP contribution in [0.1, 0.15) is 32.6 Å². The first-order valence-electron chi connectivity index (χ1n) is 7.91. The first-order chi connectivity index (χ1) is 10.9. The molecule has 0 saturated carbocycles. The lowest BCUT2D eigenvalue weighted by Gasteiger charge is -2.09. The van der Waals surface area contributed by atoms with E-state index in [0.717, 1.165) is 41.3 Å². The summed E-state index contributed by atoms with van der Waals surface area (Å²) >= 11 is 0. The van der Waals surface area contributed by atoms with Crippen LogP contribution < -0.4 is 4.74 Å². The van der Waals surface area contributed by atoms with Crippen LogP contribution in [0, 0.1) is 0 Å². The minimum Gasteiger partial charge on any atom is -0.493 e. The van der Waals surface area contributed by atoms with Crippen molar-refractivity contribution < 1.29 is 4.74 Å². The normalized spacial score (nSPS) is 11.0. The van der Waals surface area contributed by atoms with Gasteiger partial charge in [-0.2, -0.15) is 0 Å². The lowest BCUT2D eigenvalue weighted by molar-refractivity contribution is 0.306. The molecule has 0 unspecified atom stereocenters. The molecule has 3 aromatic rings. The number of nitrogens with zero attached hydrogens (tertiary/aromatic N) is 2. The quantitative estimate of drug-likeness (QED) is 0.649. The van der Waals surface area contributed by atoms with Gasteiger partial charge in [-0.3, -0.25) is 0 Å². The SMILES string of the molecule is CCCCCCOc1ccccc1-c1nc2ncccc2[nH]1. The summed E-state index contributed by atoms with van der Waals surface area (Å²) < 4.78 is 5.95. The number of hydrogen-bond donors (Lipinski definition) is 1. The molecule has 4 heteroatoms. The lowest BCUT2D eigenvalue weighted by Crippen LogP contribution is -1.99. The average molecular weight is 295 g/mol. The number of nitrogens with one attached hydrogen (secondary N) is 1. The zero-order valence-corrected chi connectivity index (χ0v) is 12.9. The maximum Gasteiger partial charge on any atom is 0.178 e. The Hall–Kier alpha value is -2.36. The molecule has 0 spiro atoms. The third-order valence-corrected chi connectivity index (χ3v) is 3.66. The lowest BCUT2D eigenvalue weighted by atomic mass is 10.2. The van der Waals surface area contributed by atoms with Crippen LogP contribution in [-0.4, -0.2) is 21.6 Å². The highest BCUT2D eigenvalue weighted by Crippen LogP contribution is 2.29. The number of unbranched alkanes of at least 4 members (excludes halogenated alkanes) is 3. The van der Waals surface area contributed by atoms with Crippen LogP contribution in [0.5, 0.6) is 5.75 Å². The van der Waals surface area contributed by atoms with E-state index < -0.39 is 0 Å². The van der Waals surface area contributed by atoms with Gasteiger partial charge in [-0.05, 0) is 30.7 Å². The molecule has 4 nitrogen and oxygen atoms in total. The van der Waals surface area contributed by atoms with Crippen molar-refractivity contribution in [3.63, 3.8) is 0 Å². The number of benzene rings is 1. The van der Waals surface area contributed by atoms with Crippen LogP contribution in [0.3, 0.4) is 0 Å². The van der Waals surface area contributed by atoms with Crippen molar-refractivity contribution in [3.05, 3.63) is 42.6 Å². The second kappa shape index (κ2) is 7.07. The smallest absolute Gasteiger partial charge is 0.178 e. The predicted molar refractivity (Wildman–Crippen MR) is 89.0 cm³/mol. The predicted octanol–water partition coefficient (Wildman–Crippen LogP) is 4.58. The topological polar surface area (TPSA) is 50.8 Å². The van der Waals surface area contributed by atoms with Gasteiger partial charge >= 0.3 is 0 Å². The number of H-pyrrole nitrogens is 1. The first kappa shape index (κ1) is 14.6. The summed E-state index contributed by atoms with van der Waals surface area (Å²) in [7, 11) is 0. The highest BCUT2D eigenvalue weighted by molar-refractivity contribution is 5.77. The minimum atomic E-state index is 0.732. The van der Waals surface area contributed by atoms with Gasteiger partial charge in [0, 0.05) is 6.20 Å². The number of aromatic amines is 1. The molecule has 2 aromatic heterocycles. The van der Waals surface area contributed by atoms with Gasteiger partial charge in [-0.15, -0.1) is 0 Å². The molecular weight excluding hydrogens is 274 g/mol. The van der Waals surface area contributed by atoms with Crippen LogP contribution in [-0.2, 0) is 0 Å². The molecule has 2 heterocycles. The molecular formula is C18H21N3O. The van der Waals surface area contributed by atoms with Crippen LogP contribution in [0.25, 0.3) is 22.6 Å². The van der Waals surface area contributed by atoms with Crippen molar-refractivity contribution in [2.75, 3.05) is 6.61 Å². The number of para-hydroxylation sites is 1. The van der Waals surface area contributed by atoms with Crippen molar-refractivity contribution in [1.29, 1.82) is 0 Å². The molecule has 0 aliphatic heterocycles. The Bertz CT molecular complexity index is 703. The maximum absolute atomic E-state index is 5.95. The minimum absolute atomic E-state index is 0.732. The van der Waals surface area contributed by atoms with Crippen LogP contribution >= 0.6 is 0 Å². The summed E-state index contributed by atoms with van der Waals surface area (Å²) in [6, 6.07) is 11.9. The molecule has 0 radical (unpaired) electrons. The Labute approximate surface area is 130 Å². The van der Waals surface area contributed by atoms with Gasteiger partial charge in [0.1, 0.15) is 11.6 Å². The van der Waals surface area contributed by atoms with Crippen LogP contribution in [0.2, 0.25) is 0 Å². The Balaban J connectivity index is 1.78. The second-order valence-electron chi connectivity index (χ2n) is 5.37. The molecule has 22 heavy (non-hydrogen) atoms. The van der Waals surface area contributed by atoms with Gasteiger partial charge < -0.3 is 9.72 Å². The van der Waals surface area contributed by atoms with E-state index in [1.165, 1.54) is 19.3 Å². The Morgan fingerprint density at radius 3 is 2.82 bits per heavy atom. The highest BCUT2D eigenvalue weighted by Gasteiger charge is 2.10. The molecule has 0 fully saturated rings. The number of rotatable bonds is 7. The fraction of sp³-hybridized carbons (Fsp3) is 0.333. The van der Waals surface area contributed by atoms with E-state index in [9.17, 15) is 0 Å². The molecule has 0 saturated heterocycles. The van der Waals surface area contributed by atoms with Crippen LogP contribution in [0.15, 0.2) is 42.6 Å². The van der Waals surface area contributed by atoms with E-state index in [1.54, 1.807) is 6.20 Å². The van der Waals surface area contributed by atoms with Gasteiger partial charge in [0.2, 0.25) is 0 Å². The molecule has 0 atom stereocenters. The standard InChI is InChI=1S/C18H21N3O/c1-2-3-4-7-13-22-16-11-6-5-9-14(16)17-20-15-10-8-12-19-18(15)21-17/h5-6,8-12H,2-4,7,13H2,1H3,(H,19,20,21). The monoisotopic (exact) mass is 295 g/mol. The van der Waals surface area contributed by atoms with E-state index in [-0.39, 0.29) is 0 Å². The second-order valence-corrected chi connectivity index (χ2v) is 5.37. The molecule has 0 aliphatic carbocycles. The van der Waals surface area contributed by atoms with E-state index in [1.807, 2.05) is 36.4 Å². The summed E-state index contributed by atoms with van der Waals surface area (Å²) in [6.07, 6.45) is 6.56. The summed E-state index contributed by atoms with van der Waals surface area (Å²) in [4.78, 5) is 12.1. The van der Waals surface area contributed by atoms with Gasteiger partial charge in [-0.25, -0.2) is 9.97 Å². The van der Waals surface area contributed by atoms with E-state index >= 15 is 0 Å². The molecule has 3 rings (SSSR count). The van der Waals surface area contributed by atoms with Crippen molar-refractivity contribution in [3.8, 4) is 17.1 Å². The molecule has 0 aliphatic rings. The number of imidazole rings is 1. The van der Waals surface area contributed by atoms with Crippen molar-refractivity contribution in [2.24, 2.45) is 0 Å². The maximum atomic E-state index is 5.95. The van der Waals surface area contributed by atoms with E-state index in [2.05, 4.69) is 21.9 Å². The zero-order valence-electron chi connectivity index (χ0n) is 12.9. The number of aromatic nitrogens is 3. The fourth-order valence-electron chi connectivity index (χ4n) is 2.47. The Morgan fingerprint density at radius 1 is 1.05 bits per heavy atom. The Kier molecular flexibility index (Phi) is 4.68. The average Bonchev–Trinajstić information content (AvgIpc) is 2.99. The highest BCUT2D eigenvalue weighted by atomic mass is 16.5. The number of fused-ring (bicyclic) bond motifs is 1. The molecule has 0 bridgehead atoms. The van der Waals surface area contributed by atoms with Crippen molar-refractivity contribution in [2.45, 2.75) is 32.6 Å². The first-order valence-corrected chi connectivity index (χ1v) is 7.91. The van der Waals surface area contributed by atoms with Gasteiger partial charge in [0.25, 0.3) is 0 Å².